The lowest BCUT2D eigenvalue weighted by Gasteiger charge is -2.34. The smallest absolute Gasteiger partial charge is 0.140 e. The van der Waals surface area contributed by atoms with Crippen molar-refractivity contribution in [1.82, 2.24) is 0 Å². The van der Waals surface area contributed by atoms with Gasteiger partial charge in [0.25, 0.3) is 0 Å². The van der Waals surface area contributed by atoms with Crippen molar-refractivity contribution in [2.75, 3.05) is 9.80 Å². The van der Waals surface area contributed by atoms with Crippen LogP contribution in [0.1, 0.15) is 29.1 Å². The number of para-hydroxylation sites is 5. The lowest BCUT2D eigenvalue weighted by atomic mass is 9.67. The van der Waals surface area contributed by atoms with Crippen LogP contribution in [0.25, 0.3) is 43.8 Å². The number of furan rings is 1. The topological polar surface area (TPSA) is 19.6 Å². The monoisotopic (exact) mass is 797 g/mol. The minimum Gasteiger partial charge on any atom is -0.456 e. The van der Waals surface area contributed by atoms with Crippen LogP contribution in [-0.2, 0) is 5.41 Å². The maximum atomic E-state index is 9.80. The molecule has 0 saturated carbocycles. The normalized spacial score (nSPS) is 15.3. The van der Waals surface area contributed by atoms with E-state index < -0.39 is 23.5 Å². The fourth-order valence-corrected chi connectivity index (χ4v) is 9.77. The highest BCUT2D eigenvalue weighted by atomic mass is 16.3. The first-order chi connectivity index (χ1) is 32.8. The van der Waals surface area contributed by atoms with E-state index in [4.69, 9.17) is 8.53 Å². The molecule has 0 N–H and O–H groups in total. The molecule has 3 nitrogen and oxygen atoms in total. The molecule has 1 aromatic heterocycles. The quantitative estimate of drug-likeness (QED) is 0.153. The molecule has 0 saturated heterocycles. The number of nitrogens with zero attached hydrogens (tertiary/aromatic N) is 2. The van der Waals surface area contributed by atoms with Gasteiger partial charge in [0, 0.05) is 50.2 Å². The number of benzene rings is 10. The predicted octanol–water partition coefficient (Wildman–Crippen LogP) is 16.0. The molecule has 0 spiro atoms. The van der Waals surface area contributed by atoms with Crippen molar-refractivity contribution < 1.29 is 11.3 Å². The minimum absolute atomic E-state index is 0.156. The molecule has 1 aliphatic carbocycles. The van der Waals surface area contributed by atoms with Crippen LogP contribution in [0.3, 0.4) is 0 Å². The second-order valence-corrected chi connectivity index (χ2v) is 15.7. The maximum Gasteiger partial charge on any atom is 0.140 e. The Morgan fingerprint density at radius 3 is 1.56 bits per heavy atom. The Balaban J connectivity index is 1.23. The van der Waals surface area contributed by atoms with Gasteiger partial charge in [-0.25, -0.2) is 0 Å². The van der Waals surface area contributed by atoms with Gasteiger partial charge in [0.15, 0.2) is 0 Å². The summed E-state index contributed by atoms with van der Waals surface area (Å²) in [5.41, 5.74) is 9.59. The van der Waals surface area contributed by atoms with E-state index in [1.54, 1.807) is 0 Å². The number of anilines is 6. The Labute approximate surface area is 368 Å². The molecule has 1 unspecified atom stereocenters. The summed E-state index contributed by atoms with van der Waals surface area (Å²) < 4.78 is 53.5. The van der Waals surface area contributed by atoms with Crippen molar-refractivity contribution in [3.8, 4) is 11.1 Å². The van der Waals surface area contributed by atoms with Crippen LogP contribution < -0.4 is 9.80 Å². The van der Waals surface area contributed by atoms with Crippen molar-refractivity contribution in [3.63, 3.8) is 0 Å². The highest BCUT2D eigenvalue weighted by Crippen LogP contribution is 2.60. The summed E-state index contributed by atoms with van der Waals surface area (Å²) in [4.78, 5) is 4.50. The summed E-state index contributed by atoms with van der Waals surface area (Å²) in [6.45, 7) is 0. The maximum absolute atomic E-state index is 9.80. The molecule has 3 heteroatoms. The van der Waals surface area contributed by atoms with Gasteiger partial charge in [-0.1, -0.05) is 170 Å². The fourth-order valence-electron chi connectivity index (χ4n) is 9.77. The number of hydrogen-bond donors (Lipinski definition) is 0. The molecule has 1 heterocycles. The molecule has 0 radical (unpaired) electrons. The highest BCUT2D eigenvalue weighted by Gasteiger charge is 2.48. The molecule has 11 aromatic rings. The number of fused-ring (bicyclic) bond motifs is 7. The van der Waals surface area contributed by atoms with Gasteiger partial charge < -0.3 is 14.2 Å². The molecule has 0 aliphatic heterocycles. The molecular weight excluding hydrogens is 753 g/mol. The molecule has 62 heavy (non-hydrogen) atoms. The zero-order valence-corrected chi connectivity index (χ0v) is 33.5. The Hall–Kier alpha value is -8.14. The molecule has 0 amide bonds. The minimum atomic E-state index is -1.45. The van der Waals surface area contributed by atoms with Crippen LogP contribution in [0.15, 0.2) is 247 Å². The van der Waals surface area contributed by atoms with E-state index in [0.29, 0.717) is 16.7 Å². The highest BCUT2D eigenvalue weighted by molar-refractivity contribution is 6.08. The van der Waals surface area contributed by atoms with Gasteiger partial charge in [-0.3, -0.25) is 0 Å². The number of hydrogen-bond acceptors (Lipinski definition) is 3. The van der Waals surface area contributed by atoms with E-state index in [1.807, 2.05) is 97.1 Å². The SMILES string of the molecule is [2H]c1c([2H])c([2H])c(C2(c3cccc4c3oc3ccccc34)c3ccc(N(c4ccccc4)c4ccccc4)cc3-c3cc(N(c4ccccc4)c4cccc5ccccc45)ccc32)c([2H])c1[2H]. The molecular formula is C59H40N2O. The van der Waals surface area contributed by atoms with Crippen LogP contribution in [0.2, 0.25) is 0 Å². The van der Waals surface area contributed by atoms with E-state index in [2.05, 4.69) is 125 Å². The molecule has 12 rings (SSSR count). The van der Waals surface area contributed by atoms with Crippen LogP contribution in [0.4, 0.5) is 34.1 Å². The summed E-state index contributed by atoms with van der Waals surface area (Å²) >= 11 is 0. The van der Waals surface area contributed by atoms with Crippen LogP contribution >= 0.6 is 0 Å². The Bertz CT molecular complexity index is 3650. The first-order valence-electron chi connectivity index (χ1n) is 23.4. The van der Waals surface area contributed by atoms with Gasteiger partial charge in [0.2, 0.25) is 0 Å². The van der Waals surface area contributed by atoms with Gasteiger partial charge in [0.1, 0.15) is 11.2 Å². The summed E-state index contributed by atoms with van der Waals surface area (Å²) in [6, 6.07) is 70.5. The van der Waals surface area contributed by atoms with Crippen LogP contribution in [0.5, 0.6) is 0 Å². The first kappa shape index (κ1) is 30.8. The Kier molecular flexibility index (Phi) is 7.23. The summed E-state index contributed by atoms with van der Waals surface area (Å²) in [7, 11) is 0. The van der Waals surface area contributed by atoms with Crippen molar-refractivity contribution in [2.24, 2.45) is 0 Å². The van der Waals surface area contributed by atoms with Gasteiger partial charge in [0.05, 0.1) is 18.0 Å². The third-order valence-electron chi connectivity index (χ3n) is 12.4. The molecule has 0 bridgehead atoms. The fraction of sp³-hybridized carbons (Fsp3) is 0.0169. The molecule has 1 atom stereocenters. The third-order valence-corrected chi connectivity index (χ3v) is 12.4. The summed E-state index contributed by atoms with van der Waals surface area (Å²) in [5, 5.41) is 3.99. The van der Waals surface area contributed by atoms with E-state index in [-0.39, 0.29) is 17.6 Å². The second kappa shape index (κ2) is 14.5. The lowest BCUT2D eigenvalue weighted by Crippen LogP contribution is -2.29. The third kappa shape index (κ3) is 5.52. The van der Waals surface area contributed by atoms with Gasteiger partial charge in [-0.15, -0.1) is 0 Å². The Morgan fingerprint density at radius 1 is 0.387 bits per heavy atom. The average Bonchev–Trinajstić information content (AvgIpc) is 3.90. The number of rotatable bonds is 8. The first-order valence-corrected chi connectivity index (χ1v) is 20.9. The zero-order chi connectivity index (χ0) is 45.4. The average molecular weight is 798 g/mol. The molecule has 10 aromatic carbocycles. The molecule has 292 valence electrons. The molecule has 1 aliphatic rings. The van der Waals surface area contributed by atoms with E-state index >= 15 is 0 Å². The lowest BCUT2D eigenvalue weighted by molar-refractivity contribution is 0.648. The summed E-state index contributed by atoms with van der Waals surface area (Å²) in [6.07, 6.45) is 0. The van der Waals surface area contributed by atoms with Crippen LogP contribution in [-0.4, -0.2) is 0 Å². The van der Waals surface area contributed by atoms with E-state index in [1.165, 1.54) is 0 Å². The summed E-state index contributed by atoms with van der Waals surface area (Å²) in [5.74, 6) is 0. The van der Waals surface area contributed by atoms with Crippen molar-refractivity contribution in [3.05, 3.63) is 265 Å². The van der Waals surface area contributed by atoms with Crippen molar-refractivity contribution >= 4 is 66.8 Å². The second-order valence-electron chi connectivity index (χ2n) is 15.7. The molecule has 0 fully saturated rings. The standard InChI is InChI=1S/C59H40N2O/c1-5-21-42(22-6-1)59(55-32-18-31-50-49-30-15-16-34-57(49)62-58(50)55)53-37-35-46(60(43-23-7-2-8-24-43)44-25-9-3-10-26-44)39-51(53)52-40-47(36-38-54(52)59)61(45-27-11-4-12-28-45)56-33-17-20-41-19-13-14-29-48(41)56/h1-40H/i1D,5D,6D,21D,22D. The van der Waals surface area contributed by atoms with E-state index in [9.17, 15) is 2.74 Å². The van der Waals surface area contributed by atoms with E-state index in [0.717, 1.165) is 77.9 Å². The van der Waals surface area contributed by atoms with Crippen molar-refractivity contribution in [2.45, 2.75) is 5.41 Å². The van der Waals surface area contributed by atoms with Gasteiger partial charge >= 0.3 is 0 Å². The zero-order valence-electron chi connectivity index (χ0n) is 38.5. The van der Waals surface area contributed by atoms with Crippen LogP contribution in [0, 0.1) is 0 Å². The van der Waals surface area contributed by atoms with Crippen molar-refractivity contribution in [1.29, 1.82) is 0 Å². The van der Waals surface area contributed by atoms with Gasteiger partial charge in [-0.2, -0.15) is 0 Å². The Morgan fingerprint density at radius 2 is 0.903 bits per heavy atom. The largest absolute Gasteiger partial charge is 0.456 e. The van der Waals surface area contributed by atoms with Gasteiger partial charge in [-0.05, 0) is 106 Å². The predicted molar refractivity (Wildman–Crippen MR) is 258 cm³/mol.